The standard InChI is InChI=1S/C19H9Cl2F3N4O3/c20-12-5-9(2-4-15(29)30)1-3-11(12)16-26-18(31-27-16)14-8-28-7-10(19(22,23)24)6-13(21)17(28)25-14/h1-8H,(H,29,30)/b4-2+. The molecule has 0 radical (unpaired) electrons. The number of carboxylic acid groups (broad SMARTS) is 1. The monoisotopic (exact) mass is 468 g/mol. The number of imidazole rings is 1. The molecule has 0 unspecified atom stereocenters. The second-order valence-electron chi connectivity index (χ2n) is 6.27. The third kappa shape index (κ3) is 4.25. The Morgan fingerprint density at radius 1 is 1.13 bits per heavy atom. The summed E-state index contributed by atoms with van der Waals surface area (Å²) in [6, 6.07) is 5.50. The van der Waals surface area contributed by atoms with Gasteiger partial charge in [0.1, 0.15) is 5.69 Å². The number of carbonyl (C=O) groups is 1. The second-order valence-corrected chi connectivity index (χ2v) is 7.08. The highest BCUT2D eigenvalue weighted by molar-refractivity contribution is 6.33. The molecule has 0 bridgehead atoms. The minimum atomic E-state index is -4.57. The van der Waals surface area contributed by atoms with Gasteiger partial charge in [0.2, 0.25) is 5.82 Å². The summed E-state index contributed by atoms with van der Waals surface area (Å²) < 4.78 is 45.3. The van der Waals surface area contributed by atoms with Crippen LogP contribution >= 0.6 is 23.2 Å². The Hall–Kier alpha value is -3.37. The highest BCUT2D eigenvalue weighted by atomic mass is 35.5. The number of carboxylic acids is 1. The van der Waals surface area contributed by atoms with E-state index in [1.807, 2.05) is 0 Å². The Bertz CT molecular complexity index is 1350. The van der Waals surface area contributed by atoms with E-state index in [2.05, 4.69) is 15.1 Å². The average Bonchev–Trinajstić information content (AvgIpc) is 3.32. The van der Waals surface area contributed by atoms with Crippen molar-refractivity contribution in [2.45, 2.75) is 6.18 Å². The van der Waals surface area contributed by atoms with Crippen LogP contribution in [0.15, 0.2) is 47.3 Å². The number of pyridine rings is 1. The summed E-state index contributed by atoms with van der Waals surface area (Å²) >= 11 is 12.2. The Balaban J connectivity index is 1.68. The predicted molar refractivity (Wildman–Crippen MR) is 106 cm³/mol. The Morgan fingerprint density at radius 3 is 2.58 bits per heavy atom. The van der Waals surface area contributed by atoms with Crippen LogP contribution in [0.1, 0.15) is 11.1 Å². The third-order valence-electron chi connectivity index (χ3n) is 4.13. The number of fused-ring (bicyclic) bond motifs is 1. The van der Waals surface area contributed by atoms with Crippen molar-refractivity contribution in [1.82, 2.24) is 19.5 Å². The Kier molecular flexibility index (Phi) is 5.19. The van der Waals surface area contributed by atoms with Crippen LogP contribution in [0.25, 0.3) is 34.7 Å². The summed E-state index contributed by atoms with van der Waals surface area (Å²) in [5.74, 6) is -1.03. The molecular weight excluding hydrogens is 460 g/mol. The van der Waals surface area contributed by atoms with E-state index in [1.54, 1.807) is 12.1 Å². The molecule has 0 fully saturated rings. The molecule has 3 heterocycles. The van der Waals surface area contributed by atoms with Crippen LogP contribution in [-0.4, -0.2) is 30.6 Å². The second kappa shape index (κ2) is 7.71. The quantitative estimate of drug-likeness (QED) is 0.399. The van der Waals surface area contributed by atoms with Gasteiger partial charge in [0.05, 0.1) is 15.6 Å². The fourth-order valence-electron chi connectivity index (χ4n) is 2.74. The zero-order chi connectivity index (χ0) is 22.3. The van der Waals surface area contributed by atoms with Gasteiger partial charge in [-0.05, 0) is 29.8 Å². The molecule has 0 atom stereocenters. The van der Waals surface area contributed by atoms with Crippen molar-refractivity contribution in [3.05, 3.63) is 63.9 Å². The first kappa shape index (κ1) is 20.9. The molecule has 0 aliphatic rings. The number of rotatable bonds is 4. The maximum absolute atomic E-state index is 13.0. The van der Waals surface area contributed by atoms with Crippen LogP contribution in [0.5, 0.6) is 0 Å². The van der Waals surface area contributed by atoms with E-state index < -0.39 is 17.7 Å². The van der Waals surface area contributed by atoms with Gasteiger partial charge in [0.25, 0.3) is 5.89 Å². The van der Waals surface area contributed by atoms with E-state index >= 15 is 0 Å². The van der Waals surface area contributed by atoms with E-state index in [9.17, 15) is 18.0 Å². The Labute approximate surface area is 181 Å². The van der Waals surface area contributed by atoms with Gasteiger partial charge in [0, 0.05) is 24.0 Å². The number of hydrogen-bond donors (Lipinski definition) is 1. The summed E-state index contributed by atoms with van der Waals surface area (Å²) in [6.07, 6.45) is -0.0847. The normalized spacial score (nSPS) is 12.2. The molecule has 4 rings (SSSR count). The number of alkyl halides is 3. The lowest BCUT2D eigenvalue weighted by Gasteiger charge is -2.07. The number of aliphatic carboxylic acids is 1. The maximum atomic E-state index is 13.0. The number of nitrogens with zero attached hydrogens (tertiary/aromatic N) is 4. The van der Waals surface area contributed by atoms with E-state index in [-0.39, 0.29) is 33.1 Å². The van der Waals surface area contributed by atoms with Crippen LogP contribution in [0.3, 0.4) is 0 Å². The SMILES string of the molecule is O=C(O)/C=C/c1ccc(-c2noc(-c3cn4cc(C(F)(F)F)cc(Cl)c4n3)n2)c(Cl)c1. The number of hydrogen-bond acceptors (Lipinski definition) is 5. The molecule has 12 heteroatoms. The zero-order valence-electron chi connectivity index (χ0n) is 15.1. The molecular formula is C19H9Cl2F3N4O3. The molecule has 0 aliphatic heterocycles. The predicted octanol–water partition coefficient (Wildman–Crippen LogP) is 5.47. The van der Waals surface area contributed by atoms with Crippen molar-refractivity contribution in [2.75, 3.05) is 0 Å². The van der Waals surface area contributed by atoms with Crippen molar-refractivity contribution in [1.29, 1.82) is 0 Å². The van der Waals surface area contributed by atoms with Gasteiger partial charge in [-0.25, -0.2) is 9.78 Å². The first-order valence-corrected chi connectivity index (χ1v) is 9.18. The lowest BCUT2D eigenvalue weighted by molar-refractivity contribution is -0.138. The summed E-state index contributed by atoms with van der Waals surface area (Å²) in [7, 11) is 0. The van der Waals surface area contributed by atoms with Crippen LogP contribution in [0, 0.1) is 0 Å². The van der Waals surface area contributed by atoms with Crippen LogP contribution < -0.4 is 0 Å². The van der Waals surface area contributed by atoms with Gasteiger partial charge >= 0.3 is 12.1 Å². The van der Waals surface area contributed by atoms with E-state index in [4.69, 9.17) is 32.8 Å². The van der Waals surface area contributed by atoms with Crippen LogP contribution in [-0.2, 0) is 11.0 Å². The van der Waals surface area contributed by atoms with E-state index in [1.165, 1.54) is 18.3 Å². The molecule has 4 aromatic rings. The third-order valence-corrected chi connectivity index (χ3v) is 4.72. The number of benzene rings is 1. The minimum Gasteiger partial charge on any atom is -0.478 e. The van der Waals surface area contributed by atoms with Crippen LogP contribution in [0.4, 0.5) is 13.2 Å². The molecule has 0 saturated heterocycles. The highest BCUT2D eigenvalue weighted by Gasteiger charge is 2.32. The smallest absolute Gasteiger partial charge is 0.417 e. The van der Waals surface area contributed by atoms with Gasteiger partial charge in [-0.3, -0.25) is 0 Å². The molecule has 0 aliphatic carbocycles. The number of halogens is 5. The molecule has 7 nitrogen and oxygen atoms in total. The van der Waals surface area contributed by atoms with Gasteiger partial charge in [-0.2, -0.15) is 18.2 Å². The highest BCUT2D eigenvalue weighted by Crippen LogP contribution is 2.34. The first-order valence-electron chi connectivity index (χ1n) is 8.42. The summed E-state index contributed by atoms with van der Waals surface area (Å²) in [4.78, 5) is 19.0. The van der Waals surface area contributed by atoms with Crippen molar-refractivity contribution in [3.63, 3.8) is 0 Å². The fraction of sp³-hybridized carbons (Fsp3) is 0.0526. The molecule has 0 amide bonds. The topological polar surface area (TPSA) is 93.5 Å². The minimum absolute atomic E-state index is 0.0470. The van der Waals surface area contributed by atoms with Gasteiger partial charge in [-0.1, -0.05) is 34.4 Å². The van der Waals surface area contributed by atoms with E-state index in [0.717, 1.165) is 22.7 Å². The summed E-state index contributed by atoms with van der Waals surface area (Å²) in [5, 5.41) is 12.6. The Morgan fingerprint density at radius 2 is 1.90 bits per heavy atom. The van der Waals surface area contributed by atoms with Crippen molar-refractivity contribution in [3.8, 4) is 23.0 Å². The zero-order valence-corrected chi connectivity index (χ0v) is 16.6. The van der Waals surface area contributed by atoms with Crippen molar-refractivity contribution < 1.29 is 27.6 Å². The van der Waals surface area contributed by atoms with E-state index in [0.29, 0.717) is 11.1 Å². The molecule has 0 saturated carbocycles. The lowest BCUT2D eigenvalue weighted by atomic mass is 10.1. The molecule has 31 heavy (non-hydrogen) atoms. The molecule has 0 spiro atoms. The number of aromatic nitrogens is 4. The first-order chi connectivity index (χ1) is 14.6. The molecule has 158 valence electrons. The van der Waals surface area contributed by atoms with Crippen LogP contribution in [0.2, 0.25) is 10.0 Å². The fourth-order valence-corrected chi connectivity index (χ4v) is 3.27. The van der Waals surface area contributed by atoms with Crippen molar-refractivity contribution >= 4 is 40.9 Å². The largest absolute Gasteiger partial charge is 0.478 e. The van der Waals surface area contributed by atoms with Gasteiger partial charge in [0.15, 0.2) is 5.65 Å². The molecule has 3 aromatic heterocycles. The lowest BCUT2D eigenvalue weighted by Crippen LogP contribution is -2.06. The summed E-state index contributed by atoms with van der Waals surface area (Å²) in [6.45, 7) is 0. The maximum Gasteiger partial charge on any atom is 0.417 e. The average molecular weight is 469 g/mol. The van der Waals surface area contributed by atoms with Gasteiger partial charge in [-0.15, -0.1) is 0 Å². The summed E-state index contributed by atoms with van der Waals surface area (Å²) in [5.41, 5.74) is 0.249. The molecule has 1 aromatic carbocycles. The van der Waals surface area contributed by atoms with Crippen molar-refractivity contribution in [2.24, 2.45) is 0 Å². The van der Waals surface area contributed by atoms with Gasteiger partial charge < -0.3 is 14.0 Å². The molecule has 1 N–H and O–H groups in total.